The molecule has 1 fully saturated rings. The number of nitriles is 1. The molecular formula is C14H17N3S. The molecule has 1 aliphatic heterocycles. The summed E-state index contributed by atoms with van der Waals surface area (Å²) in [6.07, 6.45) is 1.17. The number of nitrogens with one attached hydrogen (secondary N) is 1. The second-order valence-corrected chi connectivity index (χ2v) is 6.07. The third-order valence-electron chi connectivity index (χ3n) is 2.83. The minimum Gasteiger partial charge on any atom is -0.362 e. The Morgan fingerprint density at radius 2 is 2.33 bits per heavy atom. The topological polar surface area (TPSA) is 48.2 Å². The highest BCUT2D eigenvalue weighted by molar-refractivity contribution is 8.14. The van der Waals surface area contributed by atoms with Crippen LogP contribution in [0.3, 0.4) is 0 Å². The van der Waals surface area contributed by atoms with Crippen LogP contribution >= 0.6 is 11.8 Å². The molecule has 0 spiro atoms. The van der Waals surface area contributed by atoms with E-state index in [0.717, 1.165) is 10.7 Å². The Labute approximate surface area is 112 Å². The molecular weight excluding hydrogens is 242 g/mol. The lowest BCUT2D eigenvalue weighted by Crippen LogP contribution is -2.38. The summed E-state index contributed by atoms with van der Waals surface area (Å²) in [5.41, 5.74) is 1.77. The first-order valence-electron chi connectivity index (χ1n) is 6.14. The minimum atomic E-state index is 0.491. The van der Waals surface area contributed by atoms with Crippen molar-refractivity contribution < 1.29 is 0 Å². The average Bonchev–Trinajstić information content (AvgIpc) is 2.35. The van der Waals surface area contributed by atoms with E-state index >= 15 is 0 Å². The Morgan fingerprint density at radius 1 is 1.50 bits per heavy atom. The maximum atomic E-state index is 8.85. The summed E-state index contributed by atoms with van der Waals surface area (Å²) in [5, 5.41) is 13.9. The van der Waals surface area contributed by atoms with Crippen molar-refractivity contribution >= 4 is 16.9 Å². The van der Waals surface area contributed by atoms with Gasteiger partial charge in [-0.05, 0) is 31.0 Å². The number of benzene rings is 1. The predicted molar refractivity (Wildman–Crippen MR) is 76.6 cm³/mol. The Hall–Kier alpha value is -1.47. The van der Waals surface area contributed by atoms with Gasteiger partial charge in [0.25, 0.3) is 0 Å². The second kappa shape index (κ2) is 5.92. The largest absolute Gasteiger partial charge is 0.362 e. The fraction of sp³-hybridized carbons (Fsp3) is 0.429. The third-order valence-corrected chi connectivity index (χ3v) is 3.89. The summed E-state index contributed by atoms with van der Waals surface area (Å²) in [5.74, 6) is 0. The molecule has 2 unspecified atom stereocenters. The number of hydrogen-bond donors (Lipinski definition) is 1. The number of nitrogens with zero attached hydrogens (tertiary/aromatic N) is 2. The Balaban J connectivity index is 2.03. The van der Waals surface area contributed by atoms with Crippen molar-refractivity contribution in [1.82, 2.24) is 5.32 Å². The van der Waals surface area contributed by atoms with Gasteiger partial charge in [-0.1, -0.05) is 30.8 Å². The van der Waals surface area contributed by atoms with Crippen LogP contribution in [0.25, 0.3) is 0 Å². The molecule has 1 N–H and O–H groups in total. The van der Waals surface area contributed by atoms with Gasteiger partial charge in [0.2, 0.25) is 0 Å². The van der Waals surface area contributed by atoms with E-state index in [4.69, 9.17) is 5.26 Å². The van der Waals surface area contributed by atoms with Gasteiger partial charge in [-0.15, -0.1) is 0 Å². The van der Waals surface area contributed by atoms with Crippen molar-refractivity contribution in [3.8, 4) is 6.07 Å². The van der Waals surface area contributed by atoms with Gasteiger partial charge in [0.05, 0.1) is 18.2 Å². The molecule has 0 aliphatic carbocycles. The summed E-state index contributed by atoms with van der Waals surface area (Å²) >= 11 is 1.79. The summed E-state index contributed by atoms with van der Waals surface area (Å²) in [7, 11) is 0. The quantitative estimate of drug-likeness (QED) is 0.888. The molecule has 0 bridgehead atoms. The van der Waals surface area contributed by atoms with Crippen molar-refractivity contribution in [2.75, 3.05) is 0 Å². The second-order valence-electron chi connectivity index (χ2n) is 4.64. The van der Waals surface area contributed by atoms with E-state index in [-0.39, 0.29) is 0 Å². The zero-order valence-corrected chi connectivity index (χ0v) is 11.5. The highest BCUT2D eigenvalue weighted by Gasteiger charge is 2.19. The van der Waals surface area contributed by atoms with Gasteiger partial charge >= 0.3 is 0 Å². The van der Waals surface area contributed by atoms with Crippen LogP contribution in [0.5, 0.6) is 0 Å². The monoisotopic (exact) mass is 259 g/mol. The molecule has 2 atom stereocenters. The van der Waals surface area contributed by atoms with Gasteiger partial charge in [0, 0.05) is 11.3 Å². The predicted octanol–water partition coefficient (Wildman–Crippen LogP) is 2.92. The maximum Gasteiger partial charge on any atom is 0.157 e. The van der Waals surface area contributed by atoms with Crippen LogP contribution in [0.4, 0.5) is 0 Å². The molecule has 1 heterocycles. The highest BCUT2D eigenvalue weighted by Crippen LogP contribution is 2.22. The summed E-state index contributed by atoms with van der Waals surface area (Å²) in [6.45, 7) is 5.04. The van der Waals surface area contributed by atoms with Gasteiger partial charge < -0.3 is 5.32 Å². The molecule has 94 valence electrons. The number of rotatable bonds is 2. The first-order chi connectivity index (χ1) is 8.67. The molecule has 0 radical (unpaired) electrons. The SMILES string of the molecule is CC1CC(C)SC(=NCc2cccc(C#N)c2)N1. The molecule has 1 aromatic carbocycles. The third kappa shape index (κ3) is 3.51. The molecule has 18 heavy (non-hydrogen) atoms. The van der Waals surface area contributed by atoms with Crippen LogP contribution in [-0.4, -0.2) is 16.5 Å². The lowest BCUT2D eigenvalue weighted by molar-refractivity contribution is 0.597. The zero-order valence-electron chi connectivity index (χ0n) is 10.7. The van der Waals surface area contributed by atoms with Crippen molar-refractivity contribution in [2.24, 2.45) is 4.99 Å². The molecule has 1 aliphatic rings. The van der Waals surface area contributed by atoms with Crippen LogP contribution in [0.2, 0.25) is 0 Å². The number of aliphatic imine (C=N–C) groups is 1. The fourth-order valence-electron chi connectivity index (χ4n) is 2.03. The number of amidine groups is 1. The van der Waals surface area contributed by atoms with Crippen LogP contribution in [-0.2, 0) is 6.54 Å². The van der Waals surface area contributed by atoms with E-state index in [9.17, 15) is 0 Å². The summed E-state index contributed by atoms with van der Waals surface area (Å²) < 4.78 is 0. The normalized spacial score (nSPS) is 25.5. The van der Waals surface area contributed by atoms with Crippen LogP contribution in [0, 0.1) is 11.3 Å². The van der Waals surface area contributed by atoms with Gasteiger partial charge in [0.15, 0.2) is 5.17 Å². The number of hydrogen-bond acceptors (Lipinski definition) is 3. The molecule has 0 amide bonds. The van der Waals surface area contributed by atoms with E-state index in [1.807, 2.05) is 24.3 Å². The van der Waals surface area contributed by atoms with Crippen LogP contribution < -0.4 is 5.32 Å². The molecule has 3 nitrogen and oxygen atoms in total. The van der Waals surface area contributed by atoms with Crippen molar-refractivity contribution in [3.05, 3.63) is 35.4 Å². The van der Waals surface area contributed by atoms with Crippen LogP contribution in [0.15, 0.2) is 29.3 Å². The van der Waals surface area contributed by atoms with Crippen molar-refractivity contribution in [2.45, 2.75) is 38.1 Å². The Kier molecular flexibility index (Phi) is 4.27. The van der Waals surface area contributed by atoms with E-state index in [1.165, 1.54) is 6.42 Å². The van der Waals surface area contributed by atoms with E-state index in [1.54, 1.807) is 11.8 Å². The molecule has 1 aromatic rings. The zero-order chi connectivity index (χ0) is 13.0. The Morgan fingerprint density at radius 3 is 3.06 bits per heavy atom. The summed E-state index contributed by atoms with van der Waals surface area (Å²) in [4.78, 5) is 4.59. The van der Waals surface area contributed by atoms with E-state index in [0.29, 0.717) is 23.4 Å². The van der Waals surface area contributed by atoms with Crippen LogP contribution in [0.1, 0.15) is 31.4 Å². The lowest BCUT2D eigenvalue weighted by Gasteiger charge is -2.26. The van der Waals surface area contributed by atoms with Crippen molar-refractivity contribution in [1.29, 1.82) is 5.26 Å². The molecule has 4 heteroatoms. The molecule has 2 rings (SSSR count). The standard InChI is InChI=1S/C14H17N3S/c1-10-6-11(2)18-14(17-10)16-9-13-5-3-4-12(7-13)8-15/h3-5,7,10-11H,6,9H2,1-2H3,(H,16,17). The van der Waals surface area contributed by atoms with E-state index in [2.05, 4.69) is 30.2 Å². The minimum absolute atomic E-state index is 0.491. The van der Waals surface area contributed by atoms with Gasteiger partial charge in [-0.3, -0.25) is 4.99 Å². The van der Waals surface area contributed by atoms with Gasteiger partial charge in [-0.2, -0.15) is 5.26 Å². The van der Waals surface area contributed by atoms with Gasteiger partial charge in [-0.25, -0.2) is 0 Å². The van der Waals surface area contributed by atoms with Gasteiger partial charge in [0.1, 0.15) is 0 Å². The lowest BCUT2D eigenvalue weighted by atomic mass is 10.1. The highest BCUT2D eigenvalue weighted by atomic mass is 32.2. The summed E-state index contributed by atoms with van der Waals surface area (Å²) in [6, 6.07) is 10.3. The smallest absolute Gasteiger partial charge is 0.157 e. The van der Waals surface area contributed by atoms with Crippen molar-refractivity contribution in [3.63, 3.8) is 0 Å². The van der Waals surface area contributed by atoms with E-state index < -0.39 is 0 Å². The first-order valence-corrected chi connectivity index (χ1v) is 7.02. The average molecular weight is 259 g/mol. The molecule has 0 aromatic heterocycles. The Bertz CT molecular complexity index is 478. The number of thioether (sulfide) groups is 1. The first kappa shape index (κ1) is 13.0. The maximum absolute atomic E-state index is 8.85. The molecule has 1 saturated heterocycles. The fourth-order valence-corrected chi connectivity index (χ4v) is 3.20. The molecule has 0 saturated carbocycles.